The van der Waals surface area contributed by atoms with Crippen molar-refractivity contribution < 1.29 is 78.6 Å². The van der Waals surface area contributed by atoms with Crippen LogP contribution in [-0.4, -0.2) is 136 Å². The average Bonchev–Trinajstić information content (AvgIpc) is 1.05. The Morgan fingerprint density at radius 3 is 1.41 bits per heavy atom. The number of nitriles is 1. The number of hydrogen-bond acceptors (Lipinski definition) is 17. The number of rotatable bonds is 14. The number of nitrogens with zero attached hydrogens (tertiary/aromatic N) is 6. The smallest absolute Gasteiger partial charge is 0.274 e. The molecule has 19 rings (SSSR count). The molecule has 9 N–H and O–H groups in total. The molecule has 0 saturated heterocycles. The molecule has 7 aromatic carbocycles. The van der Waals surface area contributed by atoms with Crippen LogP contribution in [0.3, 0.4) is 0 Å². The fraction of sp³-hybridized carbons (Fsp3) is 0.475. The molecule has 7 fully saturated rings. The van der Waals surface area contributed by atoms with Crippen molar-refractivity contribution in [3.8, 4) is 22.9 Å². The minimum atomic E-state index is -0.594. The highest BCUT2D eigenvalue weighted by Gasteiger charge is 2.57. The zero-order chi connectivity index (χ0) is 90.5. The molecule has 0 spiro atoms. The molecule has 27 heteroatoms. The summed E-state index contributed by atoms with van der Waals surface area (Å²) in [6.45, 7) is 8.47. The molecule has 26 nitrogen and oxygen atoms in total. The van der Waals surface area contributed by atoms with E-state index >= 15 is 0 Å². The molecule has 0 aromatic heterocycles. The molecule has 5 aliphatic heterocycles. The van der Waals surface area contributed by atoms with E-state index in [-0.39, 0.29) is 52.3 Å². The van der Waals surface area contributed by atoms with Crippen LogP contribution in [-0.2, 0) is 94.6 Å². The molecule has 7 saturated carbocycles. The van der Waals surface area contributed by atoms with Crippen molar-refractivity contribution in [1.29, 1.82) is 5.26 Å². The van der Waals surface area contributed by atoms with Crippen molar-refractivity contribution >= 4 is 70.5 Å². The topological polar surface area (TPSA) is 369 Å². The number of fused-ring (bicyclic) bond motifs is 5. The minimum absolute atomic E-state index is 0.0116. The first-order valence-corrected chi connectivity index (χ1v) is 46.1. The van der Waals surface area contributed by atoms with Gasteiger partial charge in [0.1, 0.15) is 12.4 Å². The number of ketones is 1. The normalized spacial score (nSPS) is 20.6. The van der Waals surface area contributed by atoms with E-state index in [0.717, 1.165) is 193 Å². The third-order valence-corrected chi connectivity index (χ3v) is 29.0. The lowest BCUT2D eigenvalue weighted by Gasteiger charge is -2.58. The summed E-state index contributed by atoms with van der Waals surface area (Å²) in [5, 5.41) is 54.3. The largest absolute Gasteiger partial charge is 0.496 e. The molecule has 0 radical (unpaired) electrons. The van der Waals surface area contributed by atoms with Crippen LogP contribution < -0.4 is 26.7 Å². The van der Waals surface area contributed by atoms with Gasteiger partial charge < -0.3 is 34.3 Å². The molecule has 128 heavy (non-hydrogen) atoms. The van der Waals surface area contributed by atoms with Crippen LogP contribution in [0.4, 0.5) is 0 Å². The second-order valence-electron chi connectivity index (χ2n) is 37.3. The van der Waals surface area contributed by atoms with Gasteiger partial charge in [0.05, 0.1) is 36.1 Å². The highest BCUT2D eigenvalue weighted by atomic mass is 35.5. The third kappa shape index (κ3) is 21.2. The number of aliphatic hydroxyl groups is 1. The van der Waals surface area contributed by atoms with Gasteiger partial charge in [0.15, 0.2) is 5.78 Å². The van der Waals surface area contributed by atoms with E-state index < -0.39 is 36.0 Å². The summed E-state index contributed by atoms with van der Waals surface area (Å²) in [4.78, 5) is 133. The van der Waals surface area contributed by atoms with Crippen molar-refractivity contribution in [1.82, 2.24) is 46.4 Å². The van der Waals surface area contributed by atoms with E-state index in [1.165, 1.54) is 69.9 Å². The Hall–Kier alpha value is -11.2. The van der Waals surface area contributed by atoms with Gasteiger partial charge in [-0.2, -0.15) is 5.26 Å². The molecule has 7 aliphatic carbocycles. The highest BCUT2D eigenvalue weighted by molar-refractivity contribution is 6.32. The average molecular weight is 1760 g/mol. The maximum Gasteiger partial charge on any atom is 0.274 e. The van der Waals surface area contributed by atoms with E-state index in [0.29, 0.717) is 122 Å². The number of benzene rings is 7. The third-order valence-electron chi connectivity index (χ3n) is 28.6. The van der Waals surface area contributed by atoms with Crippen molar-refractivity contribution in [2.75, 3.05) is 26.8 Å². The molecular weight excluding hydrogens is 1640 g/mol. The van der Waals surface area contributed by atoms with Gasteiger partial charge in [0.2, 0.25) is 29.5 Å². The summed E-state index contributed by atoms with van der Waals surface area (Å²) >= 11 is 6.26. The zero-order valence-electron chi connectivity index (χ0n) is 73.5. The fourth-order valence-electron chi connectivity index (χ4n) is 22.2. The van der Waals surface area contributed by atoms with E-state index in [4.69, 9.17) is 42.3 Å². The van der Waals surface area contributed by atoms with Crippen molar-refractivity contribution in [2.24, 2.45) is 40.9 Å². The predicted octanol–water partition coefficient (Wildman–Crippen LogP) is 15.7. The number of carbonyl (C=O) groups is 10. The fourth-order valence-corrected chi connectivity index (χ4v) is 22.5. The van der Waals surface area contributed by atoms with Crippen LogP contribution in [0.1, 0.15) is 286 Å². The van der Waals surface area contributed by atoms with Crippen molar-refractivity contribution in [3.05, 3.63) is 227 Å². The van der Waals surface area contributed by atoms with Gasteiger partial charge in [-0.25, -0.2) is 21.9 Å². The summed E-state index contributed by atoms with van der Waals surface area (Å²) in [6.07, 6.45) is 29.0. The number of hydrogen-bond donors (Lipinski definition) is 9. The minimum Gasteiger partial charge on any atom is -0.496 e. The molecule has 9 amide bonds. The maximum atomic E-state index is 13.9. The second-order valence-corrected chi connectivity index (χ2v) is 37.7. The number of Topliss-reactive ketones (excluding diaryl/α,β-unsaturated/α-hetero) is 1. The number of aliphatic hydroxyl groups excluding tert-OH is 1. The number of carbonyl (C=O) groups excluding carboxylic acids is 10. The Kier molecular flexibility index (Phi) is 30.5. The first-order valence-electron chi connectivity index (χ1n) is 45.7. The Morgan fingerprint density at radius 2 is 0.891 bits per heavy atom. The van der Waals surface area contributed by atoms with Crippen LogP contribution >= 0.6 is 11.6 Å². The lowest BCUT2D eigenvalue weighted by atomic mass is 9.49. The van der Waals surface area contributed by atoms with E-state index in [2.05, 4.69) is 36.9 Å². The number of ether oxygens (including phenoxy) is 1. The zero-order valence-corrected chi connectivity index (χ0v) is 74.3. The first-order chi connectivity index (χ1) is 61.8. The molecule has 12 aliphatic rings. The first kappa shape index (κ1) is 93.0. The van der Waals surface area contributed by atoms with Crippen LogP contribution in [0.25, 0.3) is 11.1 Å². The molecule has 0 unspecified atom stereocenters. The van der Waals surface area contributed by atoms with Gasteiger partial charge in [-0.15, -0.1) is 0 Å². The van der Waals surface area contributed by atoms with Crippen LogP contribution in [0, 0.1) is 52.3 Å². The molecule has 7 aromatic rings. The summed E-state index contributed by atoms with van der Waals surface area (Å²) in [5.74, 6) is 1.73. The molecule has 4 bridgehead atoms. The Labute approximate surface area is 752 Å². The number of methoxy groups -OCH3 is 1. The molecule has 5 heterocycles. The standard InChI is InChI=1S/C26H22N2O3.C23H30N2O3.C18H24N2O4.C17H21ClN2O3.C17H22N2O3/c27-15-23-14-22(25(30)17-29)13-21-10-11-28(16-24(21)23)26(31)12-18-6-8-20(9-7-18)19-4-2-1-3-5-19;1-22(2)19-4-3-18(20(26)24-28)10-17(19)5-6-25(22)21(27)23-11-14-7-15(12-23)9-16(8-14)13-23;1-24-16-9-13(17(21)19-23)8-14-10-20(11-15(14)16)18(22)12-6-4-2-3-5-7-12;18-15-8-12(16(21)19-23)7-13-9-20(10-14(13)15)17(22)11-5-3-1-2-4-6-11;20-16(18-22)13-7-8-14-10-19(11-15(14)9-13)17(21)12-5-3-1-2-4-6-12/h1-9,13-14,29H,10-12,16-17H2;3-4,10,14-16,28H,5-9,11-13H2,1-2H3,(H,24,26);8-9,12,23H,2-7,10-11H2,1H3,(H,19,21);7-8,11,23H,1-6,9-10H2,(H,19,21);7-9,12,22H,1-6,10-11H2,(H,18,20). The Morgan fingerprint density at radius 1 is 0.453 bits per heavy atom. The van der Waals surface area contributed by atoms with Gasteiger partial charge in [-0.05, 0) is 249 Å². The number of nitrogens with one attached hydrogen (secondary N) is 4. The van der Waals surface area contributed by atoms with E-state index in [1.807, 2.05) is 75.4 Å². The summed E-state index contributed by atoms with van der Waals surface area (Å²) in [5.41, 5.74) is 21.2. The lowest BCUT2D eigenvalue weighted by Crippen LogP contribution is -2.59. The van der Waals surface area contributed by atoms with Crippen LogP contribution in [0.2, 0.25) is 5.02 Å². The van der Waals surface area contributed by atoms with Gasteiger partial charge in [0, 0.05) is 115 Å². The molecule has 0 atom stereocenters. The van der Waals surface area contributed by atoms with E-state index in [9.17, 15) is 53.2 Å². The Bertz CT molecular complexity index is 5300. The SMILES string of the molecule is CC1(C)c2ccc(C(=O)NO)cc2CCN1C(=O)C12CC3CC(CC(C3)C1)C2.COc1cc(C(=O)NO)cc2c1CN(C(=O)C1CCCCCC1)C2.N#Cc1cc(C(=O)CO)cc2c1CN(C(=O)Cc1ccc(-c3ccccc3)cc1)CC2.O=C(NO)c1cc(Cl)c2c(c1)CN(C(=O)C1CCCCCC1)C2.O=C(NO)c1ccc2c(c1)CN(C(=O)C1CCCCCC1)C2. The predicted molar refractivity (Wildman–Crippen MR) is 477 cm³/mol. The van der Waals surface area contributed by atoms with Gasteiger partial charge >= 0.3 is 0 Å². The van der Waals surface area contributed by atoms with Crippen molar-refractivity contribution in [2.45, 2.75) is 239 Å². The van der Waals surface area contributed by atoms with E-state index in [1.54, 1.807) is 76.4 Å². The van der Waals surface area contributed by atoms with Gasteiger partial charge in [0.25, 0.3) is 23.6 Å². The summed E-state index contributed by atoms with van der Waals surface area (Å²) in [7, 11) is 1.55. The highest BCUT2D eigenvalue weighted by Crippen LogP contribution is 2.61. The summed E-state index contributed by atoms with van der Waals surface area (Å²) in [6, 6.07) is 40.9. The van der Waals surface area contributed by atoms with Crippen LogP contribution in [0.5, 0.6) is 5.75 Å². The summed E-state index contributed by atoms with van der Waals surface area (Å²) < 4.78 is 5.39. The Balaban J connectivity index is 0.000000130. The molecule has 676 valence electrons. The lowest BCUT2D eigenvalue weighted by molar-refractivity contribution is -0.164. The number of halogens is 1. The van der Waals surface area contributed by atoms with Crippen molar-refractivity contribution in [3.63, 3.8) is 0 Å². The number of hydroxylamine groups is 4. The monoisotopic (exact) mass is 1760 g/mol. The maximum absolute atomic E-state index is 13.9. The molecular formula is C101H119ClN10O16. The van der Waals surface area contributed by atoms with Gasteiger partial charge in [-0.3, -0.25) is 68.8 Å². The van der Waals surface area contributed by atoms with Gasteiger partial charge in [-0.1, -0.05) is 155 Å². The quantitative estimate of drug-likeness (QED) is 0.0211. The second kappa shape index (κ2) is 41.9. The van der Waals surface area contributed by atoms with Crippen LogP contribution in [0.15, 0.2) is 127 Å². The number of amides is 9.